The lowest BCUT2D eigenvalue weighted by Crippen LogP contribution is -2.53. The minimum atomic E-state index is -4.16. The topological polar surface area (TPSA) is 135 Å². The van der Waals surface area contributed by atoms with Crippen LogP contribution in [0.1, 0.15) is 27.7 Å². The lowest BCUT2D eigenvalue weighted by Gasteiger charge is -2.34. The van der Waals surface area contributed by atoms with E-state index < -0.39 is 72.4 Å². The number of hydrogen-bond acceptors (Lipinski definition) is 10. The smallest absolute Gasteiger partial charge is 0.350 e. The molecule has 33 heavy (non-hydrogen) atoms. The molecule has 0 N–H and O–H groups in total. The summed E-state index contributed by atoms with van der Waals surface area (Å²) in [5.41, 5.74) is -0.919. The van der Waals surface area contributed by atoms with Gasteiger partial charge in [-0.3, -0.25) is 24.1 Å². The molecule has 0 aromatic rings. The van der Waals surface area contributed by atoms with E-state index in [-0.39, 0.29) is 6.61 Å². The molecule has 0 saturated carbocycles. The van der Waals surface area contributed by atoms with Gasteiger partial charge in [0.15, 0.2) is 18.4 Å². The molecule has 1 saturated heterocycles. The number of amides is 1. The summed E-state index contributed by atoms with van der Waals surface area (Å²) >= 11 is 0. The molecule has 2 aliphatic rings. The highest BCUT2D eigenvalue weighted by Gasteiger charge is 2.57. The molecule has 0 aromatic carbocycles. The van der Waals surface area contributed by atoms with Gasteiger partial charge in [0.25, 0.3) is 0 Å². The monoisotopic (exact) mass is 475 g/mol. The predicted molar refractivity (Wildman–Crippen MR) is 102 cm³/mol. The van der Waals surface area contributed by atoms with Crippen LogP contribution in [-0.2, 0) is 47.7 Å². The minimum absolute atomic E-state index is 0.0563. The first-order chi connectivity index (χ1) is 15.4. The van der Waals surface area contributed by atoms with Gasteiger partial charge in [0.1, 0.15) is 12.7 Å². The average molecular weight is 475 g/mol. The molecule has 11 nitrogen and oxygen atoms in total. The number of hydrogen-bond donors (Lipinski definition) is 0. The van der Waals surface area contributed by atoms with Crippen molar-refractivity contribution >= 4 is 29.8 Å². The maximum absolute atomic E-state index is 14.8. The van der Waals surface area contributed by atoms with E-state index in [9.17, 15) is 32.8 Å². The van der Waals surface area contributed by atoms with E-state index >= 15 is 0 Å². The second-order valence-electron chi connectivity index (χ2n) is 6.97. The number of carbonyl (C=O) groups excluding carboxylic acids is 5. The van der Waals surface area contributed by atoms with Crippen molar-refractivity contribution in [2.24, 2.45) is 0 Å². The SMILES string of the molecule is CCOC(=O)/C=C1\C=CN([C@@H]2O[C@H](COC(C)=O)[C@@H](OC(C)=O)[C@@H]2OC(C)=O)C(=O)C1(F)F. The lowest BCUT2D eigenvalue weighted by atomic mass is 10.0. The number of allylic oxidation sites excluding steroid dienone is 1. The normalized spacial score (nSPS) is 27.3. The summed E-state index contributed by atoms with van der Waals surface area (Å²) in [6.07, 6.45) is -3.60. The van der Waals surface area contributed by atoms with Crippen LogP contribution in [0.3, 0.4) is 0 Å². The van der Waals surface area contributed by atoms with Crippen molar-refractivity contribution < 1.29 is 56.4 Å². The molecule has 182 valence electrons. The van der Waals surface area contributed by atoms with E-state index in [1.54, 1.807) is 0 Å². The zero-order valence-electron chi connectivity index (χ0n) is 18.2. The van der Waals surface area contributed by atoms with E-state index in [0.717, 1.165) is 33.0 Å². The van der Waals surface area contributed by atoms with Crippen LogP contribution in [0.4, 0.5) is 8.78 Å². The molecule has 4 atom stereocenters. The molecular formula is C20H23F2NO10. The summed E-state index contributed by atoms with van der Waals surface area (Å²) in [6, 6.07) is 0. The van der Waals surface area contributed by atoms with Crippen LogP contribution in [0, 0.1) is 0 Å². The summed E-state index contributed by atoms with van der Waals surface area (Å²) < 4.78 is 54.8. The third kappa shape index (κ3) is 6.12. The molecule has 1 fully saturated rings. The van der Waals surface area contributed by atoms with Crippen LogP contribution in [0.25, 0.3) is 0 Å². The van der Waals surface area contributed by atoms with Gasteiger partial charge in [-0.2, -0.15) is 8.78 Å². The number of esters is 4. The predicted octanol–water partition coefficient (Wildman–Crippen LogP) is 0.618. The van der Waals surface area contributed by atoms with Gasteiger partial charge in [-0.25, -0.2) is 4.79 Å². The molecule has 1 amide bonds. The van der Waals surface area contributed by atoms with Gasteiger partial charge in [-0.1, -0.05) is 0 Å². The van der Waals surface area contributed by atoms with Crippen LogP contribution in [0.15, 0.2) is 23.9 Å². The number of halogens is 2. The Balaban J connectivity index is 2.43. The van der Waals surface area contributed by atoms with Crippen LogP contribution >= 0.6 is 0 Å². The fourth-order valence-corrected chi connectivity index (χ4v) is 3.19. The summed E-state index contributed by atoms with van der Waals surface area (Å²) in [5, 5.41) is 0. The quantitative estimate of drug-likeness (QED) is 0.293. The van der Waals surface area contributed by atoms with Crippen LogP contribution in [-0.4, -0.2) is 78.4 Å². The molecule has 0 bridgehead atoms. The zero-order chi connectivity index (χ0) is 24.9. The molecule has 0 aromatic heterocycles. The van der Waals surface area contributed by atoms with Gasteiger partial charge in [0, 0.05) is 38.6 Å². The standard InChI is InChI=1S/C20H23F2NO10/c1-5-29-15(27)8-13-6-7-23(19(28)20(13,21)22)18-17(32-12(4)26)16(31-11(3)25)14(33-18)9-30-10(2)24/h6-8,14,16-18H,5,9H2,1-4H3/b13-8+/t14-,16-,17+,18-/m1/s1. The summed E-state index contributed by atoms with van der Waals surface area (Å²) in [6.45, 7) is 4.12. The molecule has 13 heteroatoms. The Kier molecular flexibility index (Phi) is 8.25. The Bertz CT molecular complexity index is 884. The fourth-order valence-electron chi connectivity index (χ4n) is 3.19. The maximum Gasteiger partial charge on any atom is 0.350 e. The van der Waals surface area contributed by atoms with Gasteiger partial charge in [0.05, 0.1) is 6.61 Å². The Morgan fingerprint density at radius 1 is 1.06 bits per heavy atom. The molecule has 0 aliphatic carbocycles. The lowest BCUT2D eigenvalue weighted by molar-refractivity contribution is -0.176. The van der Waals surface area contributed by atoms with E-state index in [0.29, 0.717) is 11.0 Å². The maximum atomic E-state index is 14.8. The van der Waals surface area contributed by atoms with Crippen molar-refractivity contribution in [3.05, 3.63) is 23.9 Å². The Morgan fingerprint density at radius 3 is 2.21 bits per heavy atom. The number of carbonyl (C=O) groups is 5. The van der Waals surface area contributed by atoms with Crippen molar-refractivity contribution in [1.29, 1.82) is 0 Å². The van der Waals surface area contributed by atoms with Crippen molar-refractivity contribution in [3.8, 4) is 0 Å². The first-order valence-corrected chi connectivity index (χ1v) is 9.79. The first kappa shape index (κ1) is 25.9. The molecule has 2 heterocycles. The average Bonchev–Trinajstić information content (AvgIpc) is 3.00. The molecule has 0 unspecified atom stereocenters. The molecule has 0 radical (unpaired) electrons. The summed E-state index contributed by atoms with van der Waals surface area (Å²) in [7, 11) is 0. The van der Waals surface area contributed by atoms with Crippen molar-refractivity contribution in [1.82, 2.24) is 4.90 Å². The minimum Gasteiger partial charge on any atom is -0.463 e. The number of rotatable bonds is 7. The van der Waals surface area contributed by atoms with Crippen molar-refractivity contribution in [3.63, 3.8) is 0 Å². The van der Waals surface area contributed by atoms with Crippen LogP contribution in [0.5, 0.6) is 0 Å². The van der Waals surface area contributed by atoms with Crippen LogP contribution < -0.4 is 0 Å². The van der Waals surface area contributed by atoms with Gasteiger partial charge >= 0.3 is 35.7 Å². The van der Waals surface area contributed by atoms with Crippen molar-refractivity contribution in [2.75, 3.05) is 13.2 Å². The van der Waals surface area contributed by atoms with Gasteiger partial charge in [-0.15, -0.1) is 0 Å². The molecule has 0 spiro atoms. The number of ether oxygens (including phenoxy) is 5. The van der Waals surface area contributed by atoms with Gasteiger partial charge in [-0.05, 0) is 13.0 Å². The van der Waals surface area contributed by atoms with E-state index in [1.165, 1.54) is 6.92 Å². The Labute approximate surface area is 187 Å². The van der Waals surface area contributed by atoms with Crippen molar-refractivity contribution in [2.45, 2.75) is 58.2 Å². The Morgan fingerprint density at radius 2 is 1.67 bits per heavy atom. The molecule has 2 aliphatic heterocycles. The summed E-state index contributed by atoms with van der Waals surface area (Å²) in [5.74, 6) is -9.42. The second kappa shape index (κ2) is 10.5. The Hall–Kier alpha value is -3.35. The van der Waals surface area contributed by atoms with Gasteiger partial charge in [0.2, 0.25) is 0 Å². The third-order valence-corrected chi connectivity index (χ3v) is 4.45. The number of nitrogens with zero attached hydrogens (tertiary/aromatic N) is 1. The fraction of sp³-hybridized carbons (Fsp3) is 0.550. The number of alkyl halides is 2. The molecule has 2 rings (SSSR count). The van der Waals surface area contributed by atoms with E-state index in [1.807, 2.05) is 0 Å². The largest absolute Gasteiger partial charge is 0.463 e. The highest BCUT2D eigenvalue weighted by molar-refractivity contribution is 5.93. The zero-order valence-corrected chi connectivity index (χ0v) is 18.2. The highest BCUT2D eigenvalue weighted by Crippen LogP contribution is 2.37. The highest BCUT2D eigenvalue weighted by atomic mass is 19.3. The first-order valence-electron chi connectivity index (χ1n) is 9.79. The second-order valence-corrected chi connectivity index (χ2v) is 6.97. The van der Waals surface area contributed by atoms with Crippen LogP contribution in [0.2, 0.25) is 0 Å². The summed E-state index contributed by atoms with van der Waals surface area (Å²) in [4.78, 5) is 59.1. The third-order valence-electron chi connectivity index (χ3n) is 4.45. The van der Waals surface area contributed by atoms with E-state index in [4.69, 9.17) is 18.9 Å². The van der Waals surface area contributed by atoms with E-state index in [2.05, 4.69) is 4.74 Å². The van der Waals surface area contributed by atoms with Gasteiger partial charge < -0.3 is 23.7 Å². The molecular weight excluding hydrogens is 452 g/mol.